The van der Waals surface area contributed by atoms with Gasteiger partial charge in [-0.05, 0) is 33.2 Å². The lowest BCUT2D eigenvalue weighted by atomic mass is 10.0. The number of rotatable bonds is 4. The van der Waals surface area contributed by atoms with Gasteiger partial charge >= 0.3 is 0 Å². The standard InChI is InChI=1S/C7H17NO.ClH/c1-7(2,9-3)5-4-6-8;/h4-6,8H2,1-3H3;1H. The summed E-state index contributed by atoms with van der Waals surface area (Å²) in [7, 11) is 1.73. The highest BCUT2D eigenvalue weighted by atomic mass is 35.5. The lowest BCUT2D eigenvalue weighted by molar-refractivity contribution is 0.0144. The van der Waals surface area contributed by atoms with Gasteiger partial charge in [-0.1, -0.05) is 0 Å². The third-order valence-corrected chi connectivity index (χ3v) is 1.54. The lowest BCUT2D eigenvalue weighted by Crippen LogP contribution is -2.23. The number of hydrogen-bond donors (Lipinski definition) is 1. The van der Waals surface area contributed by atoms with E-state index in [-0.39, 0.29) is 18.0 Å². The number of nitrogens with two attached hydrogens (primary N) is 1. The maximum absolute atomic E-state index is 5.33. The van der Waals surface area contributed by atoms with Gasteiger partial charge in [0.25, 0.3) is 0 Å². The molecule has 0 heterocycles. The zero-order valence-electron chi connectivity index (χ0n) is 7.02. The maximum Gasteiger partial charge on any atom is 0.0623 e. The highest BCUT2D eigenvalue weighted by molar-refractivity contribution is 5.85. The fourth-order valence-corrected chi connectivity index (χ4v) is 0.630. The molecule has 0 atom stereocenters. The average molecular weight is 168 g/mol. The van der Waals surface area contributed by atoms with E-state index < -0.39 is 0 Å². The summed E-state index contributed by atoms with van der Waals surface area (Å²) < 4.78 is 5.18. The highest BCUT2D eigenvalue weighted by Crippen LogP contribution is 2.13. The summed E-state index contributed by atoms with van der Waals surface area (Å²) in [5.41, 5.74) is 5.35. The molecule has 0 aliphatic heterocycles. The lowest BCUT2D eigenvalue weighted by Gasteiger charge is -2.21. The fourth-order valence-electron chi connectivity index (χ4n) is 0.630. The van der Waals surface area contributed by atoms with E-state index >= 15 is 0 Å². The fraction of sp³-hybridized carbons (Fsp3) is 1.00. The normalized spacial score (nSPS) is 10.8. The van der Waals surface area contributed by atoms with Gasteiger partial charge in [0.05, 0.1) is 5.60 Å². The van der Waals surface area contributed by atoms with Crippen molar-refractivity contribution in [3.05, 3.63) is 0 Å². The van der Waals surface area contributed by atoms with Gasteiger partial charge in [-0.2, -0.15) is 0 Å². The Hall–Kier alpha value is 0.210. The number of methoxy groups -OCH3 is 1. The van der Waals surface area contributed by atoms with Gasteiger partial charge in [-0.25, -0.2) is 0 Å². The molecule has 0 aromatic carbocycles. The Morgan fingerprint density at radius 2 is 1.90 bits per heavy atom. The molecule has 0 aromatic heterocycles. The molecular weight excluding hydrogens is 150 g/mol. The first-order valence-corrected chi connectivity index (χ1v) is 3.37. The van der Waals surface area contributed by atoms with Crippen LogP contribution in [0.2, 0.25) is 0 Å². The second kappa shape index (κ2) is 5.96. The van der Waals surface area contributed by atoms with Crippen molar-refractivity contribution in [3.8, 4) is 0 Å². The summed E-state index contributed by atoms with van der Waals surface area (Å²) >= 11 is 0. The van der Waals surface area contributed by atoms with Crippen LogP contribution in [0.15, 0.2) is 0 Å². The van der Waals surface area contributed by atoms with Crippen LogP contribution in [0.5, 0.6) is 0 Å². The van der Waals surface area contributed by atoms with Crippen LogP contribution in [0.25, 0.3) is 0 Å². The molecule has 0 rings (SSSR count). The summed E-state index contributed by atoms with van der Waals surface area (Å²) in [6, 6.07) is 0. The molecular formula is C7H18ClNO. The second-order valence-corrected chi connectivity index (χ2v) is 2.86. The molecule has 0 aliphatic carbocycles. The van der Waals surface area contributed by atoms with Crippen molar-refractivity contribution in [2.75, 3.05) is 13.7 Å². The van der Waals surface area contributed by atoms with Crippen molar-refractivity contribution in [3.63, 3.8) is 0 Å². The zero-order valence-corrected chi connectivity index (χ0v) is 7.83. The molecule has 0 aromatic rings. The van der Waals surface area contributed by atoms with Crippen molar-refractivity contribution >= 4 is 12.4 Å². The van der Waals surface area contributed by atoms with Gasteiger partial charge in [0.15, 0.2) is 0 Å². The molecule has 2 nitrogen and oxygen atoms in total. The van der Waals surface area contributed by atoms with Crippen LogP contribution in [0.4, 0.5) is 0 Å². The first-order valence-electron chi connectivity index (χ1n) is 3.37. The average Bonchev–Trinajstić information content (AvgIpc) is 1.84. The van der Waals surface area contributed by atoms with Crippen LogP contribution in [0, 0.1) is 0 Å². The maximum atomic E-state index is 5.33. The van der Waals surface area contributed by atoms with Crippen LogP contribution >= 0.6 is 12.4 Å². The third kappa shape index (κ3) is 6.33. The molecule has 0 saturated carbocycles. The summed E-state index contributed by atoms with van der Waals surface area (Å²) in [5, 5.41) is 0. The molecule has 10 heavy (non-hydrogen) atoms. The molecule has 0 radical (unpaired) electrons. The molecule has 64 valence electrons. The number of ether oxygens (including phenoxy) is 1. The monoisotopic (exact) mass is 167 g/mol. The molecule has 0 saturated heterocycles. The largest absolute Gasteiger partial charge is 0.379 e. The van der Waals surface area contributed by atoms with Crippen molar-refractivity contribution in [2.45, 2.75) is 32.3 Å². The zero-order chi connectivity index (χ0) is 7.33. The number of halogens is 1. The second-order valence-electron chi connectivity index (χ2n) is 2.86. The van der Waals surface area contributed by atoms with E-state index in [1.165, 1.54) is 0 Å². The van der Waals surface area contributed by atoms with Crippen molar-refractivity contribution < 1.29 is 4.74 Å². The van der Waals surface area contributed by atoms with Crippen LogP contribution < -0.4 is 5.73 Å². The van der Waals surface area contributed by atoms with Crippen LogP contribution in [0.3, 0.4) is 0 Å². The van der Waals surface area contributed by atoms with Crippen LogP contribution in [-0.4, -0.2) is 19.3 Å². The van der Waals surface area contributed by atoms with Gasteiger partial charge in [0.2, 0.25) is 0 Å². The first-order chi connectivity index (χ1) is 4.12. The Morgan fingerprint density at radius 3 is 2.20 bits per heavy atom. The SMILES string of the molecule is COC(C)(C)CCCN.Cl. The first kappa shape index (κ1) is 12.8. The Bertz CT molecular complexity index is 76.0. The van der Waals surface area contributed by atoms with E-state index in [1.807, 2.05) is 0 Å². The van der Waals surface area contributed by atoms with E-state index in [2.05, 4.69) is 13.8 Å². The van der Waals surface area contributed by atoms with E-state index in [0.717, 1.165) is 19.4 Å². The van der Waals surface area contributed by atoms with Gasteiger partial charge in [0, 0.05) is 7.11 Å². The van der Waals surface area contributed by atoms with Crippen LogP contribution in [-0.2, 0) is 4.74 Å². The molecule has 0 aliphatic rings. The summed E-state index contributed by atoms with van der Waals surface area (Å²) in [4.78, 5) is 0. The summed E-state index contributed by atoms with van der Waals surface area (Å²) in [6.45, 7) is 4.90. The Morgan fingerprint density at radius 1 is 1.40 bits per heavy atom. The Labute approximate surface area is 69.5 Å². The molecule has 0 amide bonds. The summed E-state index contributed by atoms with van der Waals surface area (Å²) in [5.74, 6) is 0. The molecule has 0 spiro atoms. The third-order valence-electron chi connectivity index (χ3n) is 1.54. The minimum absolute atomic E-state index is 0. The predicted molar refractivity (Wildman–Crippen MR) is 46.6 cm³/mol. The molecule has 0 fully saturated rings. The van der Waals surface area contributed by atoms with E-state index in [9.17, 15) is 0 Å². The van der Waals surface area contributed by atoms with Crippen molar-refractivity contribution in [2.24, 2.45) is 5.73 Å². The summed E-state index contributed by atoms with van der Waals surface area (Å²) in [6.07, 6.45) is 2.08. The van der Waals surface area contributed by atoms with Crippen molar-refractivity contribution in [1.29, 1.82) is 0 Å². The molecule has 2 N–H and O–H groups in total. The topological polar surface area (TPSA) is 35.2 Å². The van der Waals surface area contributed by atoms with E-state index in [1.54, 1.807) is 7.11 Å². The Balaban J connectivity index is 0. The van der Waals surface area contributed by atoms with Crippen molar-refractivity contribution in [1.82, 2.24) is 0 Å². The van der Waals surface area contributed by atoms with Gasteiger partial charge < -0.3 is 10.5 Å². The van der Waals surface area contributed by atoms with E-state index in [0.29, 0.717) is 0 Å². The molecule has 3 heteroatoms. The van der Waals surface area contributed by atoms with Crippen LogP contribution in [0.1, 0.15) is 26.7 Å². The van der Waals surface area contributed by atoms with E-state index in [4.69, 9.17) is 10.5 Å². The minimum atomic E-state index is 0. The smallest absolute Gasteiger partial charge is 0.0623 e. The quantitative estimate of drug-likeness (QED) is 0.690. The predicted octanol–water partition coefficient (Wildman–Crippen LogP) is 1.57. The minimum Gasteiger partial charge on any atom is -0.379 e. The molecule has 0 unspecified atom stereocenters. The molecule has 0 bridgehead atoms. The van der Waals surface area contributed by atoms with Gasteiger partial charge in [-0.15, -0.1) is 12.4 Å². The van der Waals surface area contributed by atoms with Gasteiger partial charge in [0.1, 0.15) is 0 Å². The Kier molecular flexibility index (Phi) is 7.65. The number of hydrogen-bond acceptors (Lipinski definition) is 2. The van der Waals surface area contributed by atoms with Gasteiger partial charge in [-0.3, -0.25) is 0 Å². The highest BCUT2D eigenvalue weighted by Gasteiger charge is 2.14.